The minimum Gasteiger partial charge on any atom is -0.385 e. The highest BCUT2D eigenvalue weighted by molar-refractivity contribution is 5.29. The van der Waals surface area contributed by atoms with E-state index >= 15 is 0 Å². The fourth-order valence-corrected chi connectivity index (χ4v) is 3.71. The number of aryl methyl sites for hydroxylation is 1. The third kappa shape index (κ3) is 3.02. The van der Waals surface area contributed by atoms with Crippen molar-refractivity contribution in [3.63, 3.8) is 0 Å². The number of hydrogen-bond donors (Lipinski definition) is 1. The summed E-state index contributed by atoms with van der Waals surface area (Å²) in [7, 11) is 0. The third-order valence-electron chi connectivity index (χ3n) is 4.71. The Morgan fingerprint density at radius 1 is 1.32 bits per heavy atom. The number of hydrogen-bond acceptors (Lipinski definition) is 1. The van der Waals surface area contributed by atoms with Gasteiger partial charge in [-0.2, -0.15) is 0 Å². The van der Waals surface area contributed by atoms with Gasteiger partial charge in [0, 0.05) is 0 Å². The SMILES string of the molecule is CCCc1cccc(C2(O)CCCCC2C(C)C)c1. The van der Waals surface area contributed by atoms with Crippen LogP contribution in [0.2, 0.25) is 0 Å². The highest BCUT2D eigenvalue weighted by Crippen LogP contribution is 2.45. The molecule has 1 nitrogen and oxygen atoms in total. The molecule has 0 aromatic heterocycles. The van der Waals surface area contributed by atoms with E-state index in [1.54, 1.807) is 0 Å². The normalized spacial score (nSPS) is 27.7. The fourth-order valence-electron chi connectivity index (χ4n) is 3.71. The molecule has 1 heteroatoms. The van der Waals surface area contributed by atoms with Crippen molar-refractivity contribution in [3.05, 3.63) is 35.4 Å². The van der Waals surface area contributed by atoms with Crippen molar-refractivity contribution in [1.29, 1.82) is 0 Å². The van der Waals surface area contributed by atoms with Crippen molar-refractivity contribution in [1.82, 2.24) is 0 Å². The standard InChI is InChI=1S/C18H28O/c1-4-8-15-9-7-10-16(13-15)18(19)12-6-5-11-17(18)14(2)3/h7,9-10,13-14,17,19H,4-6,8,11-12H2,1-3H3. The van der Waals surface area contributed by atoms with Gasteiger partial charge in [-0.25, -0.2) is 0 Å². The monoisotopic (exact) mass is 260 g/mol. The molecule has 1 aromatic carbocycles. The van der Waals surface area contributed by atoms with Crippen molar-refractivity contribution in [2.75, 3.05) is 0 Å². The summed E-state index contributed by atoms with van der Waals surface area (Å²) in [6, 6.07) is 8.66. The van der Waals surface area contributed by atoms with E-state index in [9.17, 15) is 5.11 Å². The van der Waals surface area contributed by atoms with E-state index in [2.05, 4.69) is 45.0 Å². The molecule has 0 heterocycles. The molecule has 106 valence electrons. The minimum absolute atomic E-state index is 0.401. The Kier molecular flexibility index (Phi) is 4.67. The van der Waals surface area contributed by atoms with Crippen molar-refractivity contribution >= 4 is 0 Å². The molecule has 19 heavy (non-hydrogen) atoms. The molecule has 0 bridgehead atoms. The van der Waals surface area contributed by atoms with Gasteiger partial charge in [-0.1, -0.05) is 64.3 Å². The van der Waals surface area contributed by atoms with Gasteiger partial charge >= 0.3 is 0 Å². The Morgan fingerprint density at radius 2 is 2.11 bits per heavy atom. The predicted octanol–water partition coefficient (Wildman–Crippen LogP) is 4.67. The summed E-state index contributed by atoms with van der Waals surface area (Å²) in [6.07, 6.45) is 6.76. The van der Waals surface area contributed by atoms with Crippen molar-refractivity contribution in [3.8, 4) is 0 Å². The quantitative estimate of drug-likeness (QED) is 0.834. The summed E-state index contributed by atoms with van der Waals surface area (Å²) in [5.74, 6) is 0.943. The molecule has 1 N–H and O–H groups in total. The Labute approximate surface area is 118 Å². The first-order valence-electron chi connectivity index (χ1n) is 7.89. The number of benzene rings is 1. The lowest BCUT2D eigenvalue weighted by atomic mass is 9.67. The molecule has 0 amide bonds. The lowest BCUT2D eigenvalue weighted by Gasteiger charge is -2.43. The van der Waals surface area contributed by atoms with Gasteiger partial charge in [-0.05, 0) is 42.2 Å². The van der Waals surface area contributed by atoms with Crippen LogP contribution in [0.25, 0.3) is 0 Å². The van der Waals surface area contributed by atoms with Gasteiger partial charge in [-0.3, -0.25) is 0 Å². The van der Waals surface area contributed by atoms with Crippen molar-refractivity contribution in [2.45, 2.75) is 64.9 Å². The Morgan fingerprint density at radius 3 is 2.79 bits per heavy atom. The van der Waals surface area contributed by atoms with E-state index < -0.39 is 5.60 Å². The smallest absolute Gasteiger partial charge is 0.0927 e. The molecular weight excluding hydrogens is 232 g/mol. The maximum absolute atomic E-state index is 11.3. The highest BCUT2D eigenvalue weighted by Gasteiger charge is 2.41. The van der Waals surface area contributed by atoms with Crippen LogP contribution in [0, 0.1) is 11.8 Å². The van der Waals surface area contributed by atoms with Crippen LogP contribution in [0.4, 0.5) is 0 Å². The van der Waals surface area contributed by atoms with Crippen LogP contribution < -0.4 is 0 Å². The maximum atomic E-state index is 11.3. The molecular formula is C18H28O. The number of aliphatic hydroxyl groups is 1. The highest BCUT2D eigenvalue weighted by atomic mass is 16.3. The molecule has 2 rings (SSSR count). The summed E-state index contributed by atoms with van der Waals surface area (Å²) in [5, 5.41) is 11.3. The van der Waals surface area contributed by atoms with Crippen LogP contribution in [0.3, 0.4) is 0 Å². The van der Waals surface area contributed by atoms with Crippen LogP contribution >= 0.6 is 0 Å². The van der Waals surface area contributed by atoms with Crippen LogP contribution in [0.1, 0.15) is 64.0 Å². The second-order valence-corrected chi connectivity index (χ2v) is 6.47. The Balaban J connectivity index is 2.33. The zero-order chi connectivity index (χ0) is 13.9. The van der Waals surface area contributed by atoms with E-state index in [4.69, 9.17) is 0 Å². The first-order chi connectivity index (χ1) is 9.08. The average Bonchev–Trinajstić information content (AvgIpc) is 2.39. The molecule has 1 aliphatic carbocycles. The van der Waals surface area contributed by atoms with Crippen molar-refractivity contribution in [2.24, 2.45) is 11.8 Å². The van der Waals surface area contributed by atoms with Gasteiger partial charge in [0.25, 0.3) is 0 Å². The topological polar surface area (TPSA) is 20.2 Å². The van der Waals surface area contributed by atoms with Crippen LogP contribution in [0.5, 0.6) is 0 Å². The van der Waals surface area contributed by atoms with Gasteiger partial charge in [0.2, 0.25) is 0 Å². The zero-order valence-corrected chi connectivity index (χ0v) is 12.7. The van der Waals surface area contributed by atoms with Gasteiger partial charge < -0.3 is 5.11 Å². The average molecular weight is 260 g/mol. The molecule has 1 saturated carbocycles. The van der Waals surface area contributed by atoms with E-state index in [-0.39, 0.29) is 0 Å². The second-order valence-electron chi connectivity index (χ2n) is 6.47. The second kappa shape index (κ2) is 6.09. The molecule has 1 aromatic rings. The summed E-state index contributed by atoms with van der Waals surface area (Å²) in [5.41, 5.74) is 1.91. The Bertz CT molecular complexity index is 410. The van der Waals surface area contributed by atoms with Crippen molar-refractivity contribution < 1.29 is 5.11 Å². The molecule has 1 fully saturated rings. The van der Waals surface area contributed by atoms with E-state index in [0.717, 1.165) is 37.7 Å². The van der Waals surface area contributed by atoms with Gasteiger partial charge in [-0.15, -0.1) is 0 Å². The van der Waals surface area contributed by atoms with E-state index in [1.807, 2.05) is 0 Å². The fraction of sp³-hybridized carbons (Fsp3) is 0.667. The predicted molar refractivity (Wildman–Crippen MR) is 81.1 cm³/mol. The van der Waals surface area contributed by atoms with E-state index in [1.165, 1.54) is 12.0 Å². The zero-order valence-electron chi connectivity index (χ0n) is 12.7. The molecule has 0 spiro atoms. The largest absolute Gasteiger partial charge is 0.385 e. The van der Waals surface area contributed by atoms with Gasteiger partial charge in [0.1, 0.15) is 0 Å². The molecule has 0 radical (unpaired) electrons. The summed E-state index contributed by atoms with van der Waals surface area (Å²) in [4.78, 5) is 0. The van der Waals surface area contributed by atoms with Gasteiger partial charge in [0.15, 0.2) is 0 Å². The summed E-state index contributed by atoms with van der Waals surface area (Å²) in [6.45, 7) is 6.70. The molecule has 2 unspecified atom stereocenters. The summed E-state index contributed by atoms with van der Waals surface area (Å²) >= 11 is 0. The molecule has 0 saturated heterocycles. The maximum Gasteiger partial charge on any atom is 0.0927 e. The molecule has 0 aliphatic heterocycles. The molecule has 1 aliphatic rings. The van der Waals surface area contributed by atoms with E-state index in [0.29, 0.717) is 11.8 Å². The van der Waals surface area contributed by atoms with Crippen LogP contribution in [0.15, 0.2) is 24.3 Å². The van der Waals surface area contributed by atoms with Gasteiger partial charge in [0.05, 0.1) is 5.60 Å². The molecule has 2 atom stereocenters. The lowest BCUT2D eigenvalue weighted by molar-refractivity contribution is -0.0721. The minimum atomic E-state index is -0.601. The Hall–Kier alpha value is -0.820. The number of rotatable bonds is 4. The first-order valence-corrected chi connectivity index (χ1v) is 7.89. The van der Waals surface area contributed by atoms with Crippen LogP contribution in [-0.2, 0) is 12.0 Å². The lowest BCUT2D eigenvalue weighted by Crippen LogP contribution is -2.40. The van der Waals surface area contributed by atoms with Crippen LogP contribution in [-0.4, -0.2) is 5.11 Å². The third-order valence-corrected chi connectivity index (χ3v) is 4.71. The first kappa shape index (κ1) is 14.6. The summed E-state index contributed by atoms with van der Waals surface area (Å²) < 4.78 is 0.